The van der Waals surface area contributed by atoms with Crippen molar-refractivity contribution in [1.82, 2.24) is 5.32 Å². The lowest BCUT2D eigenvalue weighted by atomic mass is 9.72. The summed E-state index contributed by atoms with van der Waals surface area (Å²) in [6.07, 6.45) is 7.48. The van der Waals surface area contributed by atoms with Gasteiger partial charge in [0.15, 0.2) is 0 Å². The molecule has 1 saturated carbocycles. The Morgan fingerprint density at radius 2 is 2.18 bits per heavy atom. The van der Waals surface area contributed by atoms with E-state index in [2.05, 4.69) is 23.5 Å². The lowest BCUT2D eigenvalue weighted by Crippen LogP contribution is -2.47. The summed E-state index contributed by atoms with van der Waals surface area (Å²) in [6, 6.07) is 6.65. The van der Waals surface area contributed by atoms with Crippen LogP contribution in [0.3, 0.4) is 0 Å². The summed E-state index contributed by atoms with van der Waals surface area (Å²) in [5.41, 5.74) is 4.63. The molecule has 1 aromatic rings. The maximum atomic E-state index is 6.03. The van der Waals surface area contributed by atoms with Crippen LogP contribution < -0.4 is 5.32 Å². The van der Waals surface area contributed by atoms with Crippen LogP contribution in [-0.2, 0) is 29.0 Å². The maximum Gasteiger partial charge on any atom is 0.0719 e. The van der Waals surface area contributed by atoms with Crippen molar-refractivity contribution in [2.24, 2.45) is 5.92 Å². The zero-order chi connectivity index (χ0) is 14.8. The highest BCUT2D eigenvalue weighted by atomic mass is 16.5. The van der Waals surface area contributed by atoms with E-state index in [1.165, 1.54) is 48.8 Å². The predicted molar refractivity (Wildman–Crippen MR) is 86.8 cm³/mol. The van der Waals surface area contributed by atoms with Crippen molar-refractivity contribution in [2.45, 2.75) is 57.3 Å². The Balaban J connectivity index is 1.32. The first-order valence-electron chi connectivity index (χ1n) is 8.87. The minimum absolute atomic E-state index is 0.272. The second-order valence-electron chi connectivity index (χ2n) is 7.23. The van der Waals surface area contributed by atoms with Gasteiger partial charge in [0.2, 0.25) is 0 Å². The smallest absolute Gasteiger partial charge is 0.0719 e. The van der Waals surface area contributed by atoms with Crippen LogP contribution in [0.2, 0.25) is 0 Å². The molecule has 1 spiro atoms. The fraction of sp³-hybridized carbons (Fsp3) is 0.684. The van der Waals surface area contributed by atoms with Crippen LogP contribution in [-0.4, -0.2) is 25.4 Å². The van der Waals surface area contributed by atoms with E-state index >= 15 is 0 Å². The molecule has 1 unspecified atom stereocenters. The number of hydrogen-bond donors (Lipinski definition) is 1. The number of hydrogen-bond acceptors (Lipinski definition) is 3. The Labute approximate surface area is 133 Å². The quantitative estimate of drug-likeness (QED) is 0.926. The van der Waals surface area contributed by atoms with Gasteiger partial charge in [-0.05, 0) is 67.7 Å². The van der Waals surface area contributed by atoms with Gasteiger partial charge in [-0.3, -0.25) is 0 Å². The van der Waals surface area contributed by atoms with E-state index in [1.54, 1.807) is 0 Å². The van der Waals surface area contributed by atoms with Gasteiger partial charge in [0.25, 0.3) is 0 Å². The third-order valence-electron chi connectivity index (χ3n) is 5.73. The molecule has 2 heterocycles. The second kappa shape index (κ2) is 6.31. The van der Waals surface area contributed by atoms with Crippen LogP contribution in [0.15, 0.2) is 18.2 Å². The molecule has 3 aliphatic rings. The van der Waals surface area contributed by atoms with E-state index in [4.69, 9.17) is 9.47 Å². The summed E-state index contributed by atoms with van der Waals surface area (Å²) < 4.78 is 11.6. The Morgan fingerprint density at radius 3 is 3.05 bits per heavy atom. The minimum atomic E-state index is 0.272. The molecule has 0 bridgehead atoms. The van der Waals surface area contributed by atoms with Crippen LogP contribution in [0, 0.1) is 5.92 Å². The standard InChI is InChI=1S/C19H27NO2/c1-3-16(18-6-9-21-14-17(18)4-1)13-20-12-15-5-10-22-19(11-15)7-2-8-19/h1,3-4,15,20H,2,5-14H2. The molecule has 4 rings (SSSR count). The monoisotopic (exact) mass is 301 g/mol. The second-order valence-corrected chi connectivity index (χ2v) is 7.23. The molecule has 2 aliphatic heterocycles. The van der Waals surface area contributed by atoms with E-state index in [0.717, 1.165) is 45.2 Å². The SMILES string of the molecule is c1cc(CNCC2CCOC3(CCC3)C2)c2c(c1)COCC2. The van der Waals surface area contributed by atoms with E-state index in [0.29, 0.717) is 0 Å². The van der Waals surface area contributed by atoms with Gasteiger partial charge in [0.05, 0.1) is 18.8 Å². The van der Waals surface area contributed by atoms with Gasteiger partial charge in [0, 0.05) is 13.2 Å². The van der Waals surface area contributed by atoms with E-state index in [9.17, 15) is 0 Å². The summed E-state index contributed by atoms with van der Waals surface area (Å²) in [5, 5.41) is 3.71. The molecule has 1 aliphatic carbocycles. The van der Waals surface area contributed by atoms with Gasteiger partial charge in [-0.1, -0.05) is 18.2 Å². The van der Waals surface area contributed by atoms with Crippen LogP contribution in [0.1, 0.15) is 48.8 Å². The Hall–Kier alpha value is -0.900. The van der Waals surface area contributed by atoms with Crippen molar-refractivity contribution in [2.75, 3.05) is 19.8 Å². The van der Waals surface area contributed by atoms with E-state index in [1.807, 2.05) is 0 Å². The summed E-state index contributed by atoms with van der Waals surface area (Å²) in [5.74, 6) is 0.789. The highest BCUT2D eigenvalue weighted by Gasteiger charge is 2.42. The van der Waals surface area contributed by atoms with Crippen molar-refractivity contribution in [1.29, 1.82) is 0 Å². The number of fused-ring (bicyclic) bond motifs is 1. The van der Waals surface area contributed by atoms with Crippen LogP contribution in [0.25, 0.3) is 0 Å². The molecule has 1 aromatic carbocycles. The molecule has 0 amide bonds. The number of nitrogens with one attached hydrogen (secondary N) is 1. The molecule has 2 fully saturated rings. The Bertz CT molecular complexity index is 524. The molecular weight excluding hydrogens is 274 g/mol. The number of rotatable bonds is 4. The van der Waals surface area contributed by atoms with Crippen molar-refractivity contribution in [3.8, 4) is 0 Å². The van der Waals surface area contributed by atoms with E-state index < -0.39 is 0 Å². The molecule has 22 heavy (non-hydrogen) atoms. The summed E-state index contributed by atoms with van der Waals surface area (Å²) in [6.45, 7) is 4.74. The van der Waals surface area contributed by atoms with Gasteiger partial charge in [0.1, 0.15) is 0 Å². The third-order valence-corrected chi connectivity index (χ3v) is 5.73. The average molecular weight is 301 g/mol. The van der Waals surface area contributed by atoms with Crippen molar-refractivity contribution in [3.63, 3.8) is 0 Å². The van der Waals surface area contributed by atoms with Crippen molar-refractivity contribution >= 4 is 0 Å². The molecule has 1 atom stereocenters. The highest BCUT2D eigenvalue weighted by molar-refractivity contribution is 5.36. The summed E-state index contributed by atoms with van der Waals surface area (Å²) in [7, 11) is 0. The molecule has 3 heteroatoms. The van der Waals surface area contributed by atoms with Gasteiger partial charge in [-0.15, -0.1) is 0 Å². The van der Waals surface area contributed by atoms with Crippen LogP contribution >= 0.6 is 0 Å². The zero-order valence-electron chi connectivity index (χ0n) is 13.4. The minimum Gasteiger partial charge on any atom is -0.376 e. The Morgan fingerprint density at radius 1 is 1.23 bits per heavy atom. The van der Waals surface area contributed by atoms with Crippen LogP contribution in [0.4, 0.5) is 0 Å². The lowest BCUT2D eigenvalue weighted by Gasteiger charge is -2.47. The largest absolute Gasteiger partial charge is 0.376 e. The predicted octanol–water partition coefficient (Wildman–Crippen LogP) is 3.20. The zero-order valence-corrected chi connectivity index (χ0v) is 13.4. The topological polar surface area (TPSA) is 30.5 Å². The third kappa shape index (κ3) is 2.94. The van der Waals surface area contributed by atoms with Gasteiger partial charge in [-0.25, -0.2) is 0 Å². The van der Waals surface area contributed by atoms with Crippen molar-refractivity contribution < 1.29 is 9.47 Å². The van der Waals surface area contributed by atoms with E-state index in [-0.39, 0.29) is 5.60 Å². The van der Waals surface area contributed by atoms with Crippen LogP contribution in [0.5, 0.6) is 0 Å². The maximum absolute atomic E-state index is 6.03. The lowest BCUT2D eigenvalue weighted by molar-refractivity contribution is -0.142. The first-order chi connectivity index (χ1) is 10.8. The number of benzene rings is 1. The molecule has 0 aromatic heterocycles. The van der Waals surface area contributed by atoms with Gasteiger partial charge >= 0.3 is 0 Å². The van der Waals surface area contributed by atoms with Gasteiger partial charge < -0.3 is 14.8 Å². The highest BCUT2D eigenvalue weighted by Crippen LogP contribution is 2.44. The number of ether oxygens (including phenoxy) is 2. The van der Waals surface area contributed by atoms with Crippen molar-refractivity contribution in [3.05, 3.63) is 34.9 Å². The molecular formula is C19H27NO2. The fourth-order valence-electron chi connectivity index (χ4n) is 4.30. The molecule has 120 valence electrons. The normalized spacial score (nSPS) is 26.5. The molecule has 1 N–H and O–H groups in total. The fourth-order valence-corrected chi connectivity index (χ4v) is 4.30. The molecule has 3 nitrogen and oxygen atoms in total. The van der Waals surface area contributed by atoms with Gasteiger partial charge in [-0.2, -0.15) is 0 Å². The molecule has 1 saturated heterocycles. The average Bonchev–Trinajstić information content (AvgIpc) is 2.54. The first kappa shape index (κ1) is 14.7. The Kier molecular flexibility index (Phi) is 4.21. The first-order valence-corrected chi connectivity index (χ1v) is 8.87. The molecule has 0 radical (unpaired) electrons. The summed E-state index contributed by atoms with van der Waals surface area (Å²) in [4.78, 5) is 0. The summed E-state index contributed by atoms with van der Waals surface area (Å²) >= 11 is 0.